The van der Waals surface area contributed by atoms with Crippen molar-refractivity contribution in [3.05, 3.63) is 23.8 Å². The second-order valence-corrected chi connectivity index (χ2v) is 4.50. The quantitative estimate of drug-likeness (QED) is 0.802. The molecule has 0 aliphatic carbocycles. The second kappa shape index (κ2) is 5.81. The van der Waals surface area contributed by atoms with E-state index in [2.05, 4.69) is 29.1 Å². The molecule has 0 aliphatic rings. The van der Waals surface area contributed by atoms with Crippen molar-refractivity contribution in [1.82, 2.24) is 15.3 Å². The molecule has 0 amide bonds. The zero-order valence-corrected chi connectivity index (χ0v) is 10.1. The monoisotopic (exact) mass is 207 g/mol. The van der Waals surface area contributed by atoms with Gasteiger partial charge in [-0.25, -0.2) is 9.97 Å². The largest absolute Gasteiger partial charge is 0.317 e. The van der Waals surface area contributed by atoms with E-state index >= 15 is 0 Å². The van der Waals surface area contributed by atoms with Crippen molar-refractivity contribution in [3.8, 4) is 0 Å². The molecular formula is C12H21N3. The normalized spacial score (nSPS) is 13.1. The van der Waals surface area contributed by atoms with Gasteiger partial charge in [0, 0.05) is 24.9 Å². The summed E-state index contributed by atoms with van der Waals surface area (Å²) in [5.74, 6) is 1.63. The topological polar surface area (TPSA) is 37.8 Å². The minimum Gasteiger partial charge on any atom is -0.317 e. The van der Waals surface area contributed by atoms with Crippen molar-refractivity contribution in [2.24, 2.45) is 5.92 Å². The number of nitrogens with zero attached hydrogens (tertiary/aromatic N) is 2. The van der Waals surface area contributed by atoms with Crippen LogP contribution in [0.5, 0.6) is 0 Å². The van der Waals surface area contributed by atoms with Crippen LogP contribution in [0.3, 0.4) is 0 Å². The first kappa shape index (κ1) is 12.1. The Hall–Kier alpha value is -0.960. The van der Waals surface area contributed by atoms with Gasteiger partial charge in [-0.05, 0) is 31.9 Å². The Balaban J connectivity index is 2.54. The molecule has 1 unspecified atom stereocenters. The van der Waals surface area contributed by atoms with Gasteiger partial charge >= 0.3 is 0 Å². The number of rotatable bonds is 5. The molecule has 84 valence electrons. The summed E-state index contributed by atoms with van der Waals surface area (Å²) in [5, 5.41) is 3.32. The SMILES string of the molecule is CNC(Cc1ncc(C)cn1)CC(C)C. The highest BCUT2D eigenvalue weighted by molar-refractivity contribution is 5.02. The lowest BCUT2D eigenvalue weighted by molar-refractivity contribution is 0.434. The molecule has 0 aromatic carbocycles. The number of nitrogens with one attached hydrogen (secondary N) is 1. The lowest BCUT2D eigenvalue weighted by Gasteiger charge is -2.17. The van der Waals surface area contributed by atoms with E-state index in [1.54, 1.807) is 0 Å². The molecule has 3 heteroatoms. The number of likely N-dealkylation sites (N-methyl/N-ethyl adjacent to an activating group) is 1. The predicted octanol–water partition coefficient (Wildman–Crippen LogP) is 1.96. The maximum absolute atomic E-state index is 4.32. The molecule has 1 aromatic heterocycles. The standard InChI is InChI=1S/C12H21N3/c1-9(2)5-11(13-4)6-12-14-7-10(3)8-15-12/h7-9,11,13H,5-6H2,1-4H3. The predicted molar refractivity (Wildman–Crippen MR) is 62.8 cm³/mol. The van der Waals surface area contributed by atoms with Crippen LogP contribution < -0.4 is 5.32 Å². The summed E-state index contributed by atoms with van der Waals surface area (Å²) >= 11 is 0. The van der Waals surface area contributed by atoms with Crippen LogP contribution in [0.1, 0.15) is 31.7 Å². The van der Waals surface area contributed by atoms with Crippen molar-refractivity contribution >= 4 is 0 Å². The van der Waals surface area contributed by atoms with E-state index < -0.39 is 0 Å². The number of aromatic nitrogens is 2. The molecule has 1 atom stereocenters. The number of hydrogen-bond acceptors (Lipinski definition) is 3. The molecule has 0 bridgehead atoms. The Morgan fingerprint density at radius 3 is 2.33 bits per heavy atom. The molecule has 3 nitrogen and oxygen atoms in total. The molecule has 0 saturated carbocycles. The third-order valence-corrected chi connectivity index (χ3v) is 2.43. The highest BCUT2D eigenvalue weighted by Crippen LogP contribution is 2.08. The van der Waals surface area contributed by atoms with Crippen LogP contribution in [0.4, 0.5) is 0 Å². The van der Waals surface area contributed by atoms with Gasteiger partial charge < -0.3 is 5.32 Å². The van der Waals surface area contributed by atoms with Gasteiger partial charge in [0.15, 0.2) is 0 Å². The summed E-state index contributed by atoms with van der Waals surface area (Å²) in [6.07, 6.45) is 5.83. The smallest absolute Gasteiger partial charge is 0.129 e. The average molecular weight is 207 g/mol. The Morgan fingerprint density at radius 1 is 1.27 bits per heavy atom. The molecule has 15 heavy (non-hydrogen) atoms. The minimum atomic E-state index is 0.479. The lowest BCUT2D eigenvalue weighted by Crippen LogP contribution is -2.29. The highest BCUT2D eigenvalue weighted by Gasteiger charge is 2.10. The van der Waals surface area contributed by atoms with Crippen LogP contribution in [-0.4, -0.2) is 23.1 Å². The fourth-order valence-corrected chi connectivity index (χ4v) is 1.62. The summed E-state index contributed by atoms with van der Waals surface area (Å²) in [6.45, 7) is 6.48. The summed E-state index contributed by atoms with van der Waals surface area (Å²) < 4.78 is 0. The van der Waals surface area contributed by atoms with Crippen LogP contribution >= 0.6 is 0 Å². The molecule has 0 radical (unpaired) electrons. The fraction of sp³-hybridized carbons (Fsp3) is 0.667. The molecule has 0 saturated heterocycles. The molecule has 0 fully saturated rings. The van der Waals surface area contributed by atoms with Gasteiger partial charge in [0.1, 0.15) is 5.82 Å². The van der Waals surface area contributed by atoms with Crippen LogP contribution in [0.25, 0.3) is 0 Å². The Kier molecular flexibility index (Phi) is 4.69. The van der Waals surface area contributed by atoms with Gasteiger partial charge in [0.2, 0.25) is 0 Å². The van der Waals surface area contributed by atoms with Gasteiger partial charge in [-0.1, -0.05) is 13.8 Å². The van der Waals surface area contributed by atoms with E-state index in [9.17, 15) is 0 Å². The molecule has 1 N–H and O–H groups in total. The van der Waals surface area contributed by atoms with E-state index in [1.807, 2.05) is 26.4 Å². The molecule has 0 aliphatic heterocycles. The first-order chi connectivity index (χ1) is 7.11. The summed E-state index contributed by atoms with van der Waals surface area (Å²) in [5.41, 5.74) is 1.11. The van der Waals surface area contributed by atoms with Crippen molar-refractivity contribution in [2.45, 2.75) is 39.7 Å². The van der Waals surface area contributed by atoms with Gasteiger partial charge in [0.05, 0.1) is 0 Å². The Labute approximate surface area is 92.3 Å². The molecule has 1 rings (SSSR count). The minimum absolute atomic E-state index is 0.479. The summed E-state index contributed by atoms with van der Waals surface area (Å²) in [4.78, 5) is 8.64. The number of hydrogen-bond donors (Lipinski definition) is 1. The van der Waals surface area contributed by atoms with Crippen molar-refractivity contribution < 1.29 is 0 Å². The number of aryl methyl sites for hydroxylation is 1. The third-order valence-electron chi connectivity index (χ3n) is 2.43. The Morgan fingerprint density at radius 2 is 1.87 bits per heavy atom. The van der Waals surface area contributed by atoms with Crippen molar-refractivity contribution in [3.63, 3.8) is 0 Å². The fourth-order valence-electron chi connectivity index (χ4n) is 1.62. The molecular weight excluding hydrogens is 186 g/mol. The van der Waals surface area contributed by atoms with Gasteiger partial charge in [-0.15, -0.1) is 0 Å². The van der Waals surface area contributed by atoms with Crippen LogP contribution in [0, 0.1) is 12.8 Å². The van der Waals surface area contributed by atoms with Crippen LogP contribution in [0.2, 0.25) is 0 Å². The van der Waals surface area contributed by atoms with Crippen molar-refractivity contribution in [1.29, 1.82) is 0 Å². The maximum Gasteiger partial charge on any atom is 0.129 e. The zero-order valence-electron chi connectivity index (χ0n) is 10.1. The van der Waals surface area contributed by atoms with Gasteiger partial charge in [0.25, 0.3) is 0 Å². The van der Waals surface area contributed by atoms with Gasteiger partial charge in [-0.2, -0.15) is 0 Å². The van der Waals surface area contributed by atoms with Crippen LogP contribution in [0.15, 0.2) is 12.4 Å². The van der Waals surface area contributed by atoms with E-state index in [0.29, 0.717) is 12.0 Å². The zero-order chi connectivity index (χ0) is 11.3. The third kappa shape index (κ3) is 4.38. The van der Waals surface area contributed by atoms with Gasteiger partial charge in [-0.3, -0.25) is 0 Å². The van der Waals surface area contributed by atoms with E-state index in [1.165, 1.54) is 0 Å². The van der Waals surface area contributed by atoms with Crippen LogP contribution in [-0.2, 0) is 6.42 Å². The average Bonchev–Trinajstić information content (AvgIpc) is 2.19. The first-order valence-corrected chi connectivity index (χ1v) is 5.56. The molecule has 1 heterocycles. The van der Waals surface area contributed by atoms with E-state index in [-0.39, 0.29) is 0 Å². The maximum atomic E-state index is 4.32. The summed E-state index contributed by atoms with van der Waals surface area (Å²) in [7, 11) is 2.00. The lowest BCUT2D eigenvalue weighted by atomic mass is 10.0. The first-order valence-electron chi connectivity index (χ1n) is 5.56. The highest BCUT2D eigenvalue weighted by atomic mass is 14.9. The Bertz CT molecular complexity index is 279. The summed E-state index contributed by atoms with van der Waals surface area (Å²) in [6, 6.07) is 0.479. The van der Waals surface area contributed by atoms with E-state index in [0.717, 1.165) is 24.2 Å². The van der Waals surface area contributed by atoms with E-state index in [4.69, 9.17) is 0 Å². The van der Waals surface area contributed by atoms with Crippen molar-refractivity contribution in [2.75, 3.05) is 7.05 Å². The molecule has 1 aromatic rings. The second-order valence-electron chi connectivity index (χ2n) is 4.50. The molecule has 0 spiro atoms.